The fourth-order valence-electron chi connectivity index (χ4n) is 3.95. The van der Waals surface area contributed by atoms with Crippen LogP contribution in [0.1, 0.15) is 31.4 Å². The third kappa shape index (κ3) is 3.18. The summed E-state index contributed by atoms with van der Waals surface area (Å²) in [6, 6.07) is 0.998. The van der Waals surface area contributed by atoms with Gasteiger partial charge >= 0.3 is 11.5 Å². The Balaban J connectivity index is 1.68. The molecule has 0 spiro atoms. The first-order valence-corrected chi connectivity index (χ1v) is 8.15. The van der Waals surface area contributed by atoms with E-state index in [4.69, 9.17) is 0 Å². The Morgan fingerprint density at radius 1 is 1.24 bits per heavy atom. The largest absolute Gasteiger partial charge is 0.468 e. The number of nitrogens with one attached hydrogen (secondary N) is 1. The Morgan fingerprint density at radius 2 is 1.84 bits per heavy atom. The summed E-state index contributed by atoms with van der Waals surface area (Å²) in [7, 11) is 2.10. The Hall–Kier alpha value is -2.56. The standard InChI is InChI=1S/C14H20N6O5/c1-8-13(19(22)23)14(20(24)25)16-18(8)7-12(21)15-9-5-10-3-4-11(6-9)17(10)2/h9-11H,3-7H2,1-2H3,(H,15,21). The molecule has 1 aromatic heterocycles. The van der Waals surface area contributed by atoms with Crippen molar-refractivity contribution in [1.82, 2.24) is 20.0 Å². The van der Waals surface area contributed by atoms with E-state index in [0.29, 0.717) is 12.1 Å². The van der Waals surface area contributed by atoms with Crippen molar-refractivity contribution in [2.45, 2.75) is 57.3 Å². The molecule has 11 nitrogen and oxygen atoms in total. The van der Waals surface area contributed by atoms with Gasteiger partial charge in [-0.3, -0.25) is 14.9 Å². The van der Waals surface area contributed by atoms with Crippen LogP contribution in [0.25, 0.3) is 0 Å². The SMILES string of the molecule is Cc1c([N+](=O)[O-])c([N+](=O)[O-])nn1CC(=O)NC1CC2CCC(C1)N2C. The van der Waals surface area contributed by atoms with Crippen molar-refractivity contribution in [2.75, 3.05) is 7.05 Å². The van der Waals surface area contributed by atoms with E-state index >= 15 is 0 Å². The molecule has 1 N–H and O–H groups in total. The van der Waals surface area contributed by atoms with Crippen molar-refractivity contribution in [3.05, 3.63) is 25.9 Å². The van der Waals surface area contributed by atoms with E-state index < -0.39 is 21.4 Å². The number of nitro groups is 2. The van der Waals surface area contributed by atoms with Crippen LogP contribution in [-0.2, 0) is 11.3 Å². The first kappa shape index (κ1) is 17.3. The minimum atomic E-state index is -0.909. The van der Waals surface area contributed by atoms with Crippen LogP contribution in [0.5, 0.6) is 0 Å². The summed E-state index contributed by atoms with van der Waals surface area (Å²) in [5, 5.41) is 28.5. The summed E-state index contributed by atoms with van der Waals surface area (Å²) in [6.07, 6.45) is 4.00. The molecule has 2 aliphatic rings. The average Bonchev–Trinajstić information content (AvgIpc) is 2.93. The van der Waals surface area contributed by atoms with Crippen molar-refractivity contribution in [2.24, 2.45) is 0 Å². The molecule has 0 saturated carbocycles. The number of carbonyl (C=O) groups is 1. The number of hydrogen-bond acceptors (Lipinski definition) is 7. The topological polar surface area (TPSA) is 136 Å². The Morgan fingerprint density at radius 3 is 2.32 bits per heavy atom. The lowest BCUT2D eigenvalue weighted by Gasteiger charge is -2.36. The zero-order chi connectivity index (χ0) is 18.3. The molecule has 11 heteroatoms. The predicted molar refractivity (Wildman–Crippen MR) is 86.0 cm³/mol. The van der Waals surface area contributed by atoms with Gasteiger partial charge in [-0.1, -0.05) is 0 Å². The quantitative estimate of drug-likeness (QED) is 0.610. The second-order valence-electron chi connectivity index (χ2n) is 6.72. The molecule has 0 aromatic carbocycles. The van der Waals surface area contributed by atoms with Crippen molar-refractivity contribution in [3.63, 3.8) is 0 Å². The van der Waals surface area contributed by atoms with E-state index in [2.05, 4.69) is 22.4 Å². The molecule has 2 saturated heterocycles. The molecule has 1 amide bonds. The van der Waals surface area contributed by atoms with Crippen LogP contribution >= 0.6 is 0 Å². The molecule has 136 valence electrons. The van der Waals surface area contributed by atoms with Gasteiger partial charge < -0.3 is 20.3 Å². The van der Waals surface area contributed by atoms with Gasteiger partial charge in [0, 0.05) is 18.1 Å². The first-order chi connectivity index (χ1) is 11.8. The Labute approximate surface area is 143 Å². The Kier molecular flexibility index (Phi) is 4.41. The first-order valence-electron chi connectivity index (χ1n) is 8.15. The number of aromatic nitrogens is 2. The van der Waals surface area contributed by atoms with Gasteiger partial charge in [0.25, 0.3) is 0 Å². The van der Waals surface area contributed by atoms with Crippen LogP contribution in [-0.4, -0.2) is 55.6 Å². The number of carbonyl (C=O) groups excluding carboxylic acids is 1. The van der Waals surface area contributed by atoms with Crippen molar-refractivity contribution in [3.8, 4) is 0 Å². The minimum absolute atomic E-state index is 0.00435. The summed E-state index contributed by atoms with van der Waals surface area (Å²) in [5.74, 6) is -1.18. The maximum Gasteiger partial charge on any atom is 0.468 e. The highest BCUT2D eigenvalue weighted by atomic mass is 16.6. The summed E-state index contributed by atoms with van der Waals surface area (Å²) in [5.41, 5.74) is -0.676. The highest BCUT2D eigenvalue weighted by molar-refractivity contribution is 5.76. The van der Waals surface area contributed by atoms with Gasteiger partial charge in [-0.25, -0.2) is 0 Å². The lowest BCUT2D eigenvalue weighted by atomic mass is 9.98. The van der Waals surface area contributed by atoms with E-state index in [0.717, 1.165) is 30.4 Å². The minimum Gasteiger partial charge on any atom is -0.358 e. The van der Waals surface area contributed by atoms with Gasteiger partial charge in [-0.15, -0.1) is 0 Å². The van der Waals surface area contributed by atoms with Crippen LogP contribution in [0.15, 0.2) is 0 Å². The van der Waals surface area contributed by atoms with Crippen molar-refractivity contribution in [1.29, 1.82) is 0 Å². The lowest BCUT2D eigenvalue weighted by molar-refractivity contribution is -0.424. The van der Waals surface area contributed by atoms with E-state index in [-0.39, 0.29) is 24.2 Å². The molecule has 0 aliphatic carbocycles. The highest BCUT2D eigenvalue weighted by Gasteiger charge is 2.39. The third-order valence-corrected chi connectivity index (χ3v) is 5.27. The summed E-state index contributed by atoms with van der Waals surface area (Å²) in [6.45, 7) is 1.07. The smallest absolute Gasteiger partial charge is 0.358 e. The molecule has 2 unspecified atom stereocenters. The fraction of sp³-hybridized carbons (Fsp3) is 0.714. The maximum absolute atomic E-state index is 12.3. The van der Waals surface area contributed by atoms with Crippen LogP contribution in [0, 0.1) is 27.2 Å². The monoisotopic (exact) mass is 352 g/mol. The number of nitrogens with zero attached hydrogens (tertiary/aromatic N) is 5. The number of rotatable bonds is 5. The van der Waals surface area contributed by atoms with E-state index in [1.54, 1.807) is 0 Å². The maximum atomic E-state index is 12.3. The average molecular weight is 352 g/mol. The summed E-state index contributed by atoms with van der Waals surface area (Å²) >= 11 is 0. The van der Waals surface area contributed by atoms with Gasteiger partial charge in [0.1, 0.15) is 12.2 Å². The molecule has 2 fully saturated rings. The van der Waals surface area contributed by atoms with Crippen LogP contribution < -0.4 is 5.32 Å². The fourth-order valence-corrected chi connectivity index (χ4v) is 3.95. The van der Waals surface area contributed by atoms with Crippen LogP contribution in [0.4, 0.5) is 11.5 Å². The third-order valence-electron chi connectivity index (χ3n) is 5.27. The van der Waals surface area contributed by atoms with Gasteiger partial charge in [-0.2, -0.15) is 4.68 Å². The van der Waals surface area contributed by atoms with E-state index in [1.165, 1.54) is 6.92 Å². The van der Waals surface area contributed by atoms with Gasteiger partial charge in [0.15, 0.2) is 0 Å². The number of piperidine rings is 1. The second-order valence-corrected chi connectivity index (χ2v) is 6.72. The molecule has 3 heterocycles. The van der Waals surface area contributed by atoms with Crippen molar-refractivity contribution < 1.29 is 14.6 Å². The second kappa shape index (κ2) is 6.39. The molecule has 2 atom stereocenters. The number of hydrogen-bond donors (Lipinski definition) is 1. The molecular formula is C14H20N6O5. The van der Waals surface area contributed by atoms with E-state index in [9.17, 15) is 25.0 Å². The number of fused-ring (bicyclic) bond motifs is 2. The molecule has 25 heavy (non-hydrogen) atoms. The van der Waals surface area contributed by atoms with Crippen LogP contribution in [0.2, 0.25) is 0 Å². The molecule has 2 aliphatic heterocycles. The van der Waals surface area contributed by atoms with Crippen molar-refractivity contribution >= 4 is 17.4 Å². The lowest BCUT2D eigenvalue weighted by Crippen LogP contribution is -2.49. The predicted octanol–water partition coefficient (Wildman–Crippen LogP) is 0.749. The zero-order valence-corrected chi connectivity index (χ0v) is 14.0. The molecule has 2 bridgehead atoms. The normalized spacial score (nSPS) is 25.8. The molecule has 3 rings (SSSR count). The van der Waals surface area contributed by atoms with E-state index in [1.807, 2.05) is 0 Å². The summed E-state index contributed by atoms with van der Waals surface area (Å²) in [4.78, 5) is 34.8. The molecule has 1 aromatic rings. The Bertz CT molecular complexity index is 718. The number of amides is 1. The summed E-state index contributed by atoms with van der Waals surface area (Å²) < 4.78 is 1.02. The van der Waals surface area contributed by atoms with Gasteiger partial charge in [-0.05, 0) is 44.6 Å². The molecule has 0 radical (unpaired) electrons. The van der Waals surface area contributed by atoms with Crippen LogP contribution in [0.3, 0.4) is 0 Å². The molecular weight excluding hydrogens is 332 g/mol. The highest BCUT2D eigenvalue weighted by Crippen LogP contribution is 2.34. The zero-order valence-electron chi connectivity index (χ0n) is 14.0. The van der Waals surface area contributed by atoms with Gasteiger partial charge in [0.05, 0.1) is 10.0 Å². The van der Waals surface area contributed by atoms with Gasteiger partial charge in [0.2, 0.25) is 5.91 Å².